The minimum atomic E-state index is -0.409. The van der Waals surface area contributed by atoms with E-state index in [0.717, 1.165) is 24.8 Å². The molecular weight excluding hydrogens is 319 g/mol. The summed E-state index contributed by atoms with van der Waals surface area (Å²) in [6, 6.07) is 6.25. The van der Waals surface area contributed by atoms with Crippen molar-refractivity contribution in [2.24, 2.45) is 10.4 Å². The third kappa shape index (κ3) is 3.31. The van der Waals surface area contributed by atoms with Crippen LogP contribution in [-0.2, 0) is 9.53 Å². The van der Waals surface area contributed by atoms with Crippen LogP contribution in [0, 0.1) is 22.6 Å². The fraction of sp³-hybridized carbons (Fsp3) is 0.350. The van der Waals surface area contributed by atoms with Gasteiger partial charge in [-0.05, 0) is 55.5 Å². The monoisotopic (exact) mass is 338 g/mol. The number of aliphatic imine (C=N–C) groups is 1. The number of nitrogens with zero attached hydrogens (tertiary/aromatic N) is 2. The molecule has 0 N–H and O–H groups in total. The summed E-state index contributed by atoms with van der Waals surface area (Å²) in [6.45, 7) is 2.98. The van der Waals surface area contributed by atoms with Crippen LogP contribution < -0.4 is 0 Å². The van der Waals surface area contributed by atoms with Crippen molar-refractivity contribution < 1.29 is 13.9 Å². The lowest BCUT2D eigenvalue weighted by molar-refractivity contribution is -0.137. The highest BCUT2D eigenvalue weighted by molar-refractivity contribution is 6.10. The molecule has 0 amide bonds. The number of hydrogen-bond donors (Lipinski definition) is 0. The molecule has 25 heavy (non-hydrogen) atoms. The van der Waals surface area contributed by atoms with Crippen molar-refractivity contribution in [3.05, 3.63) is 46.8 Å². The Morgan fingerprint density at radius 1 is 1.40 bits per heavy atom. The SMILES string of the molecule is CC=N/C(=C\C#N)c1cc(F)ccc1/C=C1\CC2(CCOCC2)C1=O. The Kier molecular flexibility index (Phi) is 4.91. The standard InChI is InChI=1S/C20H19FN2O2/c1-2-23-18(5-8-22)17-12-16(21)4-3-14(17)11-15-13-20(19(15)24)6-9-25-10-7-20/h2-5,11-12H,6-7,9-10,13H2,1H3/b15-11+,18-5-,23-2?. The van der Waals surface area contributed by atoms with Crippen LogP contribution in [0.15, 0.2) is 34.8 Å². The molecule has 0 atom stereocenters. The first kappa shape index (κ1) is 17.2. The lowest BCUT2D eigenvalue weighted by Gasteiger charge is -2.44. The zero-order valence-corrected chi connectivity index (χ0v) is 14.1. The fourth-order valence-corrected chi connectivity index (χ4v) is 3.49. The molecule has 1 aromatic carbocycles. The number of Topliss-reactive ketones (excluding diaryl/α,β-unsaturated/α-hetero) is 1. The molecular formula is C20H19FN2O2. The van der Waals surface area contributed by atoms with Gasteiger partial charge in [0.1, 0.15) is 5.82 Å². The highest BCUT2D eigenvalue weighted by Crippen LogP contribution is 2.49. The van der Waals surface area contributed by atoms with Crippen LogP contribution in [0.1, 0.15) is 37.3 Å². The normalized spacial score (nSPS) is 21.6. The Bertz CT molecular complexity index is 825. The van der Waals surface area contributed by atoms with Gasteiger partial charge in [-0.3, -0.25) is 9.79 Å². The molecule has 0 radical (unpaired) electrons. The number of benzene rings is 1. The summed E-state index contributed by atoms with van der Waals surface area (Å²) >= 11 is 0. The third-order valence-electron chi connectivity index (χ3n) is 4.84. The van der Waals surface area contributed by atoms with E-state index >= 15 is 0 Å². The van der Waals surface area contributed by atoms with Crippen LogP contribution in [0.3, 0.4) is 0 Å². The first-order valence-corrected chi connectivity index (χ1v) is 8.31. The second-order valence-corrected chi connectivity index (χ2v) is 6.35. The lowest BCUT2D eigenvalue weighted by Crippen LogP contribution is -2.46. The Hall–Kier alpha value is -2.58. The van der Waals surface area contributed by atoms with Crippen LogP contribution in [0.4, 0.5) is 4.39 Å². The molecule has 4 nitrogen and oxygen atoms in total. The van der Waals surface area contributed by atoms with Gasteiger partial charge < -0.3 is 4.74 Å². The topological polar surface area (TPSA) is 62.4 Å². The van der Waals surface area contributed by atoms with Crippen molar-refractivity contribution in [1.82, 2.24) is 0 Å². The molecule has 1 aromatic rings. The van der Waals surface area contributed by atoms with Gasteiger partial charge in [0, 0.05) is 36.5 Å². The first-order chi connectivity index (χ1) is 12.1. The molecule has 1 saturated heterocycles. The van der Waals surface area contributed by atoms with E-state index in [1.54, 1.807) is 25.3 Å². The van der Waals surface area contributed by atoms with Crippen molar-refractivity contribution in [2.45, 2.75) is 26.2 Å². The summed E-state index contributed by atoms with van der Waals surface area (Å²) in [5, 5.41) is 8.96. The Morgan fingerprint density at radius 3 is 2.80 bits per heavy atom. The van der Waals surface area contributed by atoms with Gasteiger partial charge in [0.15, 0.2) is 5.78 Å². The van der Waals surface area contributed by atoms with Crippen molar-refractivity contribution in [1.29, 1.82) is 5.26 Å². The van der Waals surface area contributed by atoms with E-state index in [9.17, 15) is 9.18 Å². The summed E-state index contributed by atoms with van der Waals surface area (Å²) in [6.07, 6.45) is 6.88. The number of ether oxygens (including phenoxy) is 1. The molecule has 2 aliphatic rings. The molecule has 3 rings (SSSR count). The summed E-state index contributed by atoms with van der Waals surface area (Å²) in [5.74, 6) is -0.246. The zero-order chi connectivity index (χ0) is 17.9. The smallest absolute Gasteiger partial charge is 0.165 e. The first-order valence-electron chi connectivity index (χ1n) is 8.31. The van der Waals surface area contributed by atoms with Gasteiger partial charge in [-0.15, -0.1) is 0 Å². The van der Waals surface area contributed by atoms with Crippen LogP contribution in [0.5, 0.6) is 0 Å². The van der Waals surface area contributed by atoms with E-state index in [4.69, 9.17) is 10.00 Å². The molecule has 0 bridgehead atoms. The second-order valence-electron chi connectivity index (χ2n) is 6.35. The maximum Gasteiger partial charge on any atom is 0.165 e. The largest absolute Gasteiger partial charge is 0.381 e. The fourth-order valence-electron chi connectivity index (χ4n) is 3.49. The molecule has 5 heteroatoms. The maximum absolute atomic E-state index is 13.7. The van der Waals surface area contributed by atoms with E-state index in [1.807, 2.05) is 6.07 Å². The molecule has 2 fully saturated rings. The number of rotatable bonds is 3. The summed E-state index contributed by atoms with van der Waals surface area (Å²) in [4.78, 5) is 16.8. The van der Waals surface area contributed by atoms with Crippen LogP contribution in [0.25, 0.3) is 11.8 Å². The van der Waals surface area contributed by atoms with E-state index < -0.39 is 5.82 Å². The van der Waals surface area contributed by atoms with E-state index in [0.29, 0.717) is 30.0 Å². The molecule has 1 saturated carbocycles. The number of halogens is 1. The van der Waals surface area contributed by atoms with Gasteiger partial charge in [0.05, 0.1) is 11.8 Å². The van der Waals surface area contributed by atoms with E-state index in [2.05, 4.69) is 4.99 Å². The van der Waals surface area contributed by atoms with Gasteiger partial charge in [-0.25, -0.2) is 4.39 Å². The van der Waals surface area contributed by atoms with Crippen molar-refractivity contribution in [2.75, 3.05) is 13.2 Å². The number of nitriles is 1. The Balaban J connectivity index is 1.95. The average Bonchev–Trinajstić information content (AvgIpc) is 2.63. The van der Waals surface area contributed by atoms with Gasteiger partial charge in [-0.2, -0.15) is 5.26 Å². The maximum atomic E-state index is 13.7. The van der Waals surface area contributed by atoms with E-state index in [-0.39, 0.29) is 11.2 Å². The quantitative estimate of drug-likeness (QED) is 0.476. The highest BCUT2D eigenvalue weighted by atomic mass is 19.1. The number of ketones is 1. The number of allylic oxidation sites excluding steroid dienone is 2. The van der Waals surface area contributed by atoms with Gasteiger partial charge in [0.25, 0.3) is 0 Å². The predicted molar refractivity (Wildman–Crippen MR) is 94.2 cm³/mol. The average molecular weight is 338 g/mol. The van der Waals surface area contributed by atoms with Gasteiger partial charge >= 0.3 is 0 Å². The van der Waals surface area contributed by atoms with Crippen molar-refractivity contribution in [3.63, 3.8) is 0 Å². The van der Waals surface area contributed by atoms with Crippen LogP contribution >= 0.6 is 0 Å². The summed E-state index contributed by atoms with van der Waals surface area (Å²) < 4.78 is 19.1. The molecule has 0 unspecified atom stereocenters. The molecule has 1 aliphatic heterocycles. The van der Waals surface area contributed by atoms with Crippen molar-refractivity contribution in [3.8, 4) is 6.07 Å². The zero-order valence-electron chi connectivity index (χ0n) is 14.1. The molecule has 1 aliphatic carbocycles. The highest BCUT2D eigenvalue weighted by Gasteiger charge is 2.50. The van der Waals surface area contributed by atoms with E-state index in [1.165, 1.54) is 18.2 Å². The summed E-state index contributed by atoms with van der Waals surface area (Å²) in [7, 11) is 0. The van der Waals surface area contributed by atoms with Crippen LogP contribution in [0.2, 0.25) is 0 Å². The molecule has 0 aromatic heterocycles. The number of carbonyl (C=O) groups excluding carboxylic acids is 1. The number of hydrogen-bond acceptors (Lipinski definition) is 4. The second kappa shape index (κ2) is 7.12. The lowest BCUT2D eigenvalue weighted by atomic mass is 9.60. The number of carbonyl (C=O) groups is 1. The minimum Gasteiger partial charge on any atom is -0.381 e. The minimum absolute atomic E-state index is 0.163. The molecule has 128 valence electrons. The van der Waals surface area contributed by atoms with Crippen molar-refractivity contribution >= 4 is 23.8 Å². The molecule has 1 spiro atoms. The van der Waals surface area contributed by atoms with Gasteiger partial charge in [0.2, 0.25) is 0 Å². The Labute approximate surface area is 146 Å². The Morgan fingerprint density at radius 2 is 2.16 bits per heavy atom. The van der Waals surface area contributed by atoms with Gasteiger partial charge in [-0.1, -0.05) is 6.07 Å². The third-order valence-corrected chi connectivity index (χ3v) is 4.84. The summed E-state index contributed by atoms with van der Waals surface area (Å²) in [5.41, 5.74) is 2.05. The molecule has 1 heterocycles. The van der Waals surface area contributed by atoms with Crippen LogP contribution in [-0.4, -0.2) is 25.2 Å². The predicted octanol–water partition coefficient (Wildman–Crippen LogP) is 3.93.